The van der Waals surface area contributed by atoms with E-state index in [4.69, 9.17) is 15.0 Å². The van der Waals surface area contributed by atoms with Crippen LogP contribution < -0.4 is 5.73 Å². The van der Waals surface area contributed by atoms with Crippen LogP contribution in [0.4, 0.5) is 0 Å². The van der Waals surface area contributed by atoms with Gasteiger partial charge in [0.05, 0.1) is 0 Å². The smallest absolute Gasteiger partial charge is 0.228 e. The highest BCUT2D eigenvalue weighted by atomic mass is 16.5. The summed E-state index contributed by atoms with van der Waals surface area (Å²) < 4.78 is 10.8. The summed E-state index contributed by atoms with van der Waals surface area (Å²) >= 11 is 0. The van der Waals surface area contributed by atoms with Crippen molar-refractivity contribution in [1.82, 2.24) is 10.1 Å². The lowest BCUT2D eigenvalue weighted by atomic mass is 10.1. The summed E-state index contributed by atoms with van der Waals surface area (Å²) in [5.41, 5.74) is 6.47. The Morgan fingerprint density at radius 3 is 2.78 bits per heavy atom. The number of benzene rings is 1. The lowest BCUT2D eigenvalue weighted by Gasteiger charge is -2.13. The summed E-state index contributed by atoms with van der Waals surface area (Å²) in [4.78, 5) is 4.31. The molecule has 2 rings (SSSR count). The van der Waals surface area contributed by atoms with Gasteiger partial charge in [-0.15, -0.1) is 0 Å². The highest BCUT2D eigenvalue weighted by Gasteiger charge is 2.20. The summed E-state index contributed by atoms with van der Waals surface area (Å²) in [6.45, 7) is 3.02. The average molecular weight is 247 g/mol. The Bertz CT molecular complexity index is 470. The number of nitrogens with zero attached hydrogens (tertiary/aromatic N) is 2. The molecule has 0 fully saturated rings. The largest absolute Gasteiger partial charge is 0.366 e. The first-order valence-electron chi connectivity index (χ1n) is 6.04. The Morgan fingerprint density at radius 2 is 2.11 bits per heavy atom. The molecule has 5 nitrogen and oxygen atoms in total. The second kappa shape index (κ2) is 6.28. The topological polar surface area (TPSA) is 74.2 Å². The molecule has 1 heterocycles. The van der Waals surface area contributed by atoms with Crippen molar-refractivity contribution in [2.75, 3.05) is 13.2 Å². The van der Waals surface area contributed by atoms with Gasteiger partial charge in [0.1, 0.15) is 6.10 Å². The number of hydrogen-bond acceptors (Lipinski definition) is 5. The van der Waals surface area contributed by atoms with Crippen LogP contribution in [-0.4, -0.2) is 23.3 Å². The van der Waals surface area contributed by atoms with Gasteiger partial charge >= 0.3 is 0 Å². The maximum atomic E-state index is 5.69. The number of rotatable bonds is 6. The summed E-state index contributed by atoms with van der Waals surface area (Å²) in [5.74, 6) is 1.10. The average Bonchev–Trinajstić information content (AvgIpc) is 2.86. The first-order valence-corrected chi connectivity index (χ1v) is 6.04. The van der Waals surface area contributed by atoms with Crippen molar-refractivity contribution in [2.45, 2.75) is 19.4 Å². The van der Waals surface area contributed by atoms with Gasteiger partial charge in [-0.3, -0.25) is 0 Å². The maximum absolute atomic E-state index is 5.69. The van der Waals surface area contributed by atoms with Crippen LogP contribution >= 0.6 is 0 Å². The quantitative estimate of drug-likeness (QED) is 0.840. The van der Waals surface area contributed by atoms with Crippen molar-refractivity contribution in [1.29, 1.82) is 0 Å². The molecule has 0 saturated heterocycles. The van der Waals surface area contributed by atoms with E-state index in [1.807, 2.05) is 37.3 Å². The zero-order chi connectivity index (χ0) is 12.8. The van der Waals surface area contributed by atoms with Crippen LogP contribution in [-0.2, 0) is 11.2 Å². The van der Waals surface area contributed by atoms with E-state index in [1.165, 1.54) is 0 Å². The van der Waals surface area contributed by atoms with Crippen molar-refractivity contribution >= 4 is 0 Å². The number of hydrogen-bond donors (Lipinski definition) is 1. The van der Waals surface area contributed by atoms with E-state index in [9.17, 15) is 0 Å². The molecule has 5 heteroatoms. The normalized spacial score (nSPS) is 12.6. The van der Waals surface area contributed by atoms with Gasteiger partial charge in [0.25, 0.3) is 0 Å². The van der Waals surface area contributed by atoms with Gasteiger partial charge < -0.3 is 15.0 Å². The highest BCUT2D eigenvalue weighted by molar-refractivity contribution is 5.22. The van der Waals surface area contributed by atoms with E-state index in [2.05, 4.69) is 10.1 Å². The predicted octanol–water partition coefficient (Wildman–Crippen LogP) is 1.70. The molecule has 2 aromatic rings. The molecular formula is C13H17N3O2. The molecule has 1 unspecified atom stereocenters. The predicted molar refractivity (Wildman–Crippen MR) is 67.0 cm³/mol. The summed E-state index contributed by atoms with van der Waals surface area (Å²) in [7, 11) is 0. The molecule has 0 aliphatic heterocycles. The van der Waals surface area contributed by atoms with E-state index in [-0.39, 0.29) is 6.10 Å². The lowest BCUT2D eigenvalue weighted by molar-refractivity contribution is 0.0833. The van der Waals surface area contributed by atoms with Crippen LogP contribution in [0.3, 0.4) is 0 Å². The third-order valence-electron chi connectivity index (χ3n) is 2.51. The summed E-state index contributed by atoms with van der Waals surface area (Å²) in [6, 6.07) is 9.85. The summed E-state index contributed by atoms with van der Waals surface area (Å²) in [6.07, 6.45) is 0.298. The Balaban J connectivity index is 2.23. The van der Waals surface area contributed by atoms with Crippen LogP contribution in [0.15, 0.2) is 34.9 Å². The van der Waals surface area contributed by atoms with E-state index in [1.54, 1.807) is 0 Å². The van der Waals surface area contributed by atoms with E-state index < -0.39 is 0 Å². The molecule has 18 heavy (non-hydrogen) atoms. The molecule has 2 N–H and O–H groups in total. The van der Waals surface area contributed by atoms with E-state index in [0.29, 0.717) is 31.3 Å². The molecular weight excluding hydrogens is 230 g/mol. The number of ether oxygens (including phenoxy) is 1. The fourth-order valence-corrected chi connectivity index (χ4v) is 1.71. The first kappa shape index (κ1) is 12.7. The van der Waals surface area contributed by atoms with Gasteiger partial charge in [-0.05, 0) is 12.5 Å². The van der Waals surface area contributed by atoms with Crippen molar-refractivity contribution in [3.8, 4) is 0 Å². The summed E-state index contributed by atoms with van der Waals surface area (Å²) in [5, 5.41) is 3.96. The minimum atomic E-state index is -0.286. The van der Waals surface area contributed by atoms with Gasteiger partial charge in [0.15, 0.2) is 0 Å². The van der Waals surface area contributed by atoms with Crippen LogP contribution in [0.5, 0.6) is 0 Å². The Labute approximate surface area is 106 Å². The second-order valence-corrected chi connectivity index (χ2v) is 3.83. The number of aromatic nitrogens is 2. The zero-order valence-corrected chi connectivity index (χ0v) is 10.4. The van der Waals surface area contributed by atoms with Crippen LogP contribution in [0.1, 0.15) is 30.3 Å². The molecule has 96 valence electrons. The molecule has 0 aliphatic carbocycles. The Kier molecular flexibility index (Phi) is 4.44. The molecule has 0 aliphatic rings. The maximum Gasteiger partial charge on any atom is 0.228 e. The van der Waals surface area contributed by atoms with E-state index >= 15 is 0 Å². The molecule has 0 saturated carbocycles. The van der Waals surface area contributed by atoms with Gasteiger partial charge in [-0.2, -0.15) is 4.98 Å². The lowest BCUT2D eigenvalue weighted by Crippen LogP contribution is -2.08. The standard InChI is InChI=1S/C13H17N3O2/c1-2-17-12(10-6-4-3-5-7-10)13-15-11(8-9-14)18-16-13/h3-7,12H,2,8-9,14H2,1H3. The van der Waals surface area contributed by atoms with Gasteiger partial charge in [0, 0.05) is 19.6 Å². The third kappa shape index (κ3) is 2.94. The second-order valence-electron chi connectivity index (χ2n) is 3.83. The van der Waals surface area contributed by atoms with Gasteiger partial charge in [-0.1, -0.05) is 35.5 Å². The minimum Gasteiger partial charge on any atom is -0.366 e. The van der Waals surface area contributed by atoms with Crippen molar-refractivity contribution in [2.24, 2.45) is 5.73 Å². The molecule has 1 aromatic heterocycles. The molecule has 1 aromatic carbocycles. The van der Waals surface area contributed by atoms with Gasteiger partial charge in [0.2, 0.25) is 11.7 Å². The minimum absolute atomic E-state index is 0.286. The molecule has 1 atom stereocenters. The molecule has 0 bridgehead atoms. The molecule has 0 spiro atoms. The van der Waals surface area contributed by atoms with Gasteiger partial charge in [-0.25, -0.2) is 0 Å². The fourth-order valence-electron chi connectivity index (χ4n) is 1.71. The fraction of sp³-hybridized carbons (Fsp3) is 0.385. The zero-order valence-electron chi connectivity index (χ0n) is 10.4. The first-order chi connectivity index (χ1) is 8.85. The van der Waals surface area contributed by atoms with Crippen LogP contribution in [0, 0.1) is 0 Å². The SMILES string of the molecule is CCOC(c1ccccc1)c1noc(CCN)n1. The monoisotopic (exact) mass is 247 g/mol. The van der Waals surface area contributed by atoms with E-state index in [0.717, 1.165) is 5.56 Å². The van der Waals surface area contributed by atoms with Crippen molar-refractivity contribution in [3.63, 3.8) is 0 Å². The Hall–Kier alpha value is -1.72. The van der Waals surface area contributed by atoms with Crippen LogP contribution in [0.25, 0.3) is 0 Å². The molecule has 0 radical (unpaired) electrons. The highest BCUT2D eigenvalue weighted by Crippen LogP contribution is 2.23. The number of nitrogens with two attached hydrogens (primary N) is 1. The Morgan fingerprint density at radius 1 is 1.33 bits per heavy atom. The third-order valence-corrected chi connectivity index (χ3v) is 2.51. The molecule has 0 amide bonds. The van der Waals surface area contributed by atoms with Crippen molar-refractivity contribution in [3.05, 3.63) is 47.6 Å². The van der Waals surface area contributed by atoms with Crippen molar-refractivity contribution < 1.29 is 9.26 Å². The van der Waals surface area contributed by atoms with Crippen LogP contribution in [0.2, 0.25) is 0 Å².